The fourth-order valence-corrected chi connectivity index (χ4v) is 0.739. The average Bonchev–Trinajstić information content (AvgIpc) is 1.91. The number of hydrogen-bond donors (Lipinski definition) is 1. The monoisotopic (exact) mass is 156 g/mol. The molecule has 66 valence electrons. The fraction of sp³-hybridized carbons (Fsp3) is 0.889. The largest absolute Gasteiger partial charge is 0.311 e. The van der Waals surface area contributed by atoms with Gasteiger partial charge in [-0.3, -0.25) is 0 Å². The first-order valence-corrected chi connectivity index (χ1v) is 4.24. The number of nitrogens with one attached hydrogen (secondary N) is 1. The summed E-state index contributed by atoms with van der Waals surface area (Å²) in [6.07, 6.45) is 0.570. The molecule has 0 fully saturated rings. The third-order valence-corrected chi connectivity index (χ3v) is 1.18. The molecule has 0 aliphatic heterocycles. The van der Waals surface area contributed by atoms with Gasteiger partial charge in [0.1, 0.15) is 0 Å². The van der Waals surface area contributed by atoms with Gasteiger partial charge in [0.2, 0.25) is 0 Å². The van der Waals surface area contributed by atoms with Crippen molar-refractivity contribution in [3.8, 4) is 6.07 Å². The SMILES string of the molecule is CC.CCNC(C)(C)CC#N. The minimum atomic E-state index is -0.0104. The topological polar surface area (TPSA) is 35.8 Å². The number of nitrogens with zero attached hydrogens (tertiary/aromatic N) is 1. The molecule has 0 aromatic carbocycles. The molecule has 2 nitrogen and oxygen atoms in total. The Morgan fingerprint density at radius 2 is 1.82 bits per heavy atom. The van der Waals surface area contributed by atoms with Crippen LogP contribution in [0.5, 0.6) is 0 Å². The average molecular weight is 156 g/mol. The van der Waals surface area contributed by atoms with Crippen LogP contribution in [0.4, 0.5) is 0 Å². The lowest BCUT2D eigenvalue weighted by Crippen LogP contribution is -2.38. The van der Waals surface area contributed by atoms with Gasteiger partial charge >= 0.3 is 0 Å². The highest BCUT2D eigenvalue weighted by molar-refractivity contribution is 4.87. The normalized spacial score (nSPS) is 9.45. The van der Waals surface area contributed by atoms with Crippen LogP contribution >= 0.6 is 0 Å². The van der Waals surface area contributed by atoms with Gasteiger partial charge in [-0.25, -0.2) is 0 Å². The summed E-state index contributed by atoms with van der Waals surface area (Å²) in [4.78, 5) is 0. The Balaban J connectivity index is 0. The highest BCUT2D eigenvalue weighted by Crippen LogP contribution is 2.05. The summed E-state index contributed by atoms with van der Waals surface area (Å²) in [7, 11) is 0. The van der Waals surface area contributed by atoms with Crippen molar-refractivity contribution in [2.24, 2.45) is 0 Å². The van der Waals surface area contributed by atoms with Crippen LogP contribution in [-0.2, 0) is 0 Å². The Labute approximate surface area is 70.6 Å². The van der Waals surface area contributed by atoms with Crippen LogP contribution in [0.2, 0.25) is 0 Å². The lowest BCUT2D eigenvalue weighted by atomic mass is 10.0. The highest BCUT2D eigenvalue weighted by Gasteiger charge is 2.13. The van der Waals surface area contributed by atoms with Crippen LogP contribution < -0.4 is 5.32 Å². The van der Waals surface area contributed by atoms with Gasteiger partial charge in [-0.1, -0.05) is 20.8 Å². The van der Waals surface area contributed by atoms with Crippen molar-refractivity contribution in [1.82, 2.24) is 5.32 Å². The van der Waals surface area contributed by atoms with Gasteiger partial charge in [-0.2, -0.15) is 5.26 Å². The maximum Gasteiger partial charge on any atom is 0.0640 e. The Hall–Kier alpha value is -0.550. The molecule has 0 spiro atoms. The molecule has 0 amide bonds. The molecule has 0 aromatic rings. The van der Waals surface area contributed by atoms with Crippen LogP contribution in [-0.4, -0.2) is 12.1 Å². The Morgan fingerprint density at radius 3 is 2.09 bits per heavy atom. The molecule has 0 radical (unpaired) electrons. The molecule has 0 bridgehead atoms. The predicted molar refractivity (Wildman–Crippen MR) is 49.3 cm³/mol. The van der Waals surface area contributed by atoms with Crippen LogP contribution in [0.15, 0.2) is 0 Å². The second kappa shape index (κ2) is 7.56. The molecular formula is C9H20N2. The minimum absolute atomic E-state index is 0.0104. The first-order valence-electron chi connectivity index (χ1n) is 4.24. The number of nitriles is 1. The molecule has 0 aliphatic rings. The maximum absolute atomic E-state index is 8.34. The summed E-state index contributed by atoms with van der Waals surface area (Å²) in [5.41, 5.74) is -0.0104. The van der Waals surface area contributed by atoms with Crippen molar-refractivity contribution in [2.75, 3.05) is 6.54 Å². The Morgan fingerprint density at radius 1 is 1.36 bits per heavy atom. The molecule has 2 heteroatoms. The third kappa shape index (κ3) is 9.45. The second-order valence-corrected chi connectivity index (χ2v) is 2.75. The van der Waals surface area contributed by atoms with Crippen LogP contribution in [0.25, 0.3) is 0 Å². The Kier molecular flexibility index (Phi) is 8.98. The zero-order valence-electron chi connectivity index (χ0n) is 8.36. The van der Waals surface area contributed by atoms with Gasteiger partial charge in [-0.05, 0) is 20.4 Å². The van der Waals surface area contributed by atoms with Gasteiger partial charge in [0.05, 0.1) is 12.5 Å². The van der Waals surface area contributed by atoms with Crippen molar-refractivity contribution in [1.29, 1.82) is 5.26 Å². The zero-order chi connectivity index (χ0) is 9.33. The molecule has 0 saturated carbocycles. The molecule has 0 heterocycles. The molecule has 1 N–H and O–H groups in total. The lowest BCUT2D eigenvalue weighted by molar-refractivity contribution is 0.408. The van der Waals surface area contributed by atoms with Gasteiger partial charge < -0.3 is 5.32 Å². The molecule has 0 aromatic heterocycles. The summed E-state index contributed by atoms with van der Waals surface area (Å²) in [5, 5.41) is 11.5. The van der Waals surface area contributed by atoms with Crippen molar-refractivity contribution in [2.45, 2.75) is 46.6 Å². The molecule has 11 heavy (non-hydrogen) atoms. The van der Waals surface area contributed by atoms with Crippen molar-refractivity contribution < 1.29 is 0 Å². The summed E-state index contributed by atoms with van der Waals surface area (Å²) in [5.74, 6) is 0. The summed E-state index contributed by atoms with van der Waals surface area (Å²) in [6.45, 7) is 11.0. The zero-order valence-corrected chi connectivity index (χ0v) is 8.36. The van der Waals surface area contributed by atoms with E-state index in [4.69, 9.17) is 5.26 Å². The third-order valence-electron chi connectivity index (χ3n) is 1.18. The lowest BCUT2D eigenvalue weighted by Gasteiger charge is -2.21. The van der Waals surface area contributed by atoms with E-state index in [2.05, 4.69) is 11.4 Å². The quantitative estimate of drug-likeness (QED) is 0.680. The van der Waals surface area contributed by atoms with E-state index in [1.165, 1.54) is 0 Å². The Bertz CT molecular complexity index is 111. The highest BCUT2D eigenvalue weighted by atomic mass is 14.9. The first kappa shape index (κ1) is 13.1. The van der Waals surface area contributed by atoms with Gasteiger partial charge in [0.15, 0.2) is 0 Å². The van der Waals surface area contributed by atoms with Crippen molar-refractivity contribution >= 4 is 0 Å². The number of rotatable bonds is 3. The van der Waals surface area contributed by atoms with E-state index >= 15 is 0 Å². The standard InChI is InChI=1S/C7H14N2.C2H6/c1-4-9-7(2,3)5-6-8;1-2/h9H,4-5H2,1-3H3;1-2H3. The fourth-order valence-electron chi connectivity index (χ4n) is 0.739. The van der Waals surface area contributed by atoms with Gasteiger partial charge in [0, 0.05) is 5.54 Å². The molecular weight excluding hydrogens is 136 g/mol. The van der Waals surface area contributed by atoms with Gasteiger partial charge in [0.25, 0.3) is 0 Å². The summed E-state index contributed by atoms with van der Waals surface area (Å²) >= 11 is 0. The van der Waals surface area contributed by atoms with Crippen LogP contribution in [0.1, 0.15) is 41.0 Å². The molecule has 0 saturated heterocycles. The second-order valence-electron chi connectivity index (χ2n) is 2.75. The summed E-state index contributed by atoms with van der Waals surface area (Å²) < 4.78 is 0. The minimum Gasteiger partial charge on any atom is -0.311 e. The van der Waals surface area contributed by atoms with E-state index < -0.39 is 0 Å². The van der Waals surface area contributed by atoms with Crippen molar-refractivity contribution in [3.63, 3.8) is 0 Å². The van der Waals surface area contributed by atoms with Crippen LogP contribution in [0, 0.1) is 11.3 Å². The molecule has 0 atom stereocenters. The molecule has 0 aliphatic carbocycles. The van der Waals surface area contributed by atoms with E-state index in [9.17, 15) is 0 Å². The van der Waals surface area contributed by atoms with E-state index in [0.29, 0.717) is 6.42 Å². The van der Waals surface area contributed by atoms with E-state index in [1.54, 1.807) is 0 Å². The molecule has 0 unspecified atom stereocenters. The first-order chi connectivity index (χ1) is 5.12. The van der Waals surface area contributed by atoms with Crippen molar-refractivity contribution in [3.05, 3.63) is 0 Å². The number of hydrogen-bond acceptors (Lipinski definition) is 2. The van der Waals surface area contributed by atoms with E-state index in [1.807, 2.05) is 34.6 Å². The maximum atomic E-state index is 8.34. The smallest absolute Gasteiger partial charge is 0.0640 e. The van der Waals surface area contributed by atoms with Crippen LogP contribution in [0.3, 0.4) is 0 Å². The molecule has 0 rings (SSSR count). The summed E-state index contributed by atoms with van der Waals surface area (Å²) in [6, 6.07) is 2.13. The predicted octanol–water partition coefficient (Wildman–Crippen LogP) is 2.31. The van der Waals surface area contributed by atoms with E-state index in [0.717, 1.165) is 6.54 Å². The van der Waals surface area contributed by atoms with E-state index in [-0.39, 0.29) is 5.54 Å². The van der Waals surface area contributed by atoms with Gasteiger partial charge in [-0.15, -0.1) is 0 Å².